The second-order valence-corrected chi connectivity index (χ2v) is 8.35. The maximum Gasteiger partial charge on any atom is 0.224 e. The Morgan fingerprint density at radius 3 is 1.11 bits per heavy atom. The number of carbonyl (C=O) groups excluding carboxylic acids is 3. The minimum absolute atomic E-state index is 0.306. The first-order chi connectivity index (χ1) is 12.6. The minimum atomic E-state index is 0.306. The Labute approximate surface area is 165 Å². The molecule has 0 saturated carbocycles. The molecule has 0 aromatic rings. The van der Waals surface area contributed by atoms with Gasteiger partial charge in [-0.1, -0.05) is 0 Å². The van der Waals surface area contributed by atoms with Gasteiger partial charge in [-0.15, -0.1) is 0 Å². The van der Waals surface area contributed by atoms with Gasteiger partial charge < -0.3 is 14.7 Å². The van der Waals surface area contributed by atoms with Gasteiger partial charge in [-0.05, 0) is 60.8 Å². The first-order valence-electron chi connectivity index (χ1n) is 10.5. The summed E-state index contributed by atoms with van der Waals surface area (Å²) in [6, 6.07) is 1.21. The number of hydrogen-bond acceptors (Lipinski definition) is 3. The fraction of sp³-hybridized carbons (Fsp3) is 0.857. The van der Waals surface area contributed by atoms with Gasteiger partial charge in [0.15, 0.2) is 0 Å². The Bertz CT molecular complexity index is 503. The van der Waals surface area contributed by atoms with E-state index >= 15 is 0 Å². The number of hydrogen-bond donors (Lipinski definition) is 0. The predicted octanol–water partition coefficient (Wildman–Crippen LogP) is 3.05. The third-order valence-corrected chi connectivity index (χ3v) is 5.23. The Hall–Kier alpha value is -1.59. The van der Waals surface area contributed by atoms with Crippen LogP contribution in [0, 0.1) is 0 Å². The quantitative estimate of drug-likeness (QED) is 0.706. The summed E-state index contributed by atoms with van der Waals surface area (Å²) in [5.74, 6) is 0.964. The van der Waals surface area contributed by atoms with Gasteiger partial charge in [0.1, 0.15) is 0 Å². The van der Waals surface area contributed by atoms with E-state index in [0.29, 0.717) is 35.8 Å². The van der Waals surface area contributed by atoms with Crippen molar-refractivity contribution in [2.24, 2.45) is 0 Å². The van der Waals surface area contributed by atoms with Crippen LogP contribution in [0.5, 0.6) is 0 Å². The van der Waals surface area contributed by atoms with E-state index in [4.69, 9.17) is 0 Å². The van der Waals surface area contributed by atoms with Crippen LogP contribution >= 0.6 is 0 Å². The summed E-state index contributed by atoms with van der Waals surface area (Å²) in [6.45, 7) is 15.2. The fourth-order valence-electron chi connectivity index (χ4n) is 3.47. The fourth-order valence-corrected chi connectivity index (χ4v) is 3.47. The van der Waals surface area contributed by atoms with Crippen LogP contribution in [-0.4, -0.2) is 70.2 Å². The third kappa shape index (κ3) is 7.51. The lowest BCUT2D eigenvalue weighted by molar-refractivity contribution is -0.142. The standard InChI is InChI=1S/C8H15NO.C7H13NO.C6H11NO/c1-7(2)9-6-4-3-5-8(9)10;1-6(2)8-5-3-4-7(8)9;1-5(2)7-4-3-6(7)8/h7H,3-6H2,1-2H3;6H,3-5H2,1-2H3;5H,3-4H2,1-2H3. The second-order valence-electron chi connectivity index (χ2n) is 8.35. The molecule has 3 rings (SSSR count). The van der Waals surface area contributed by atoms with E-state index in [2.05, 4.69) is 27.7 Å². The van der Waals surface area contributed by atoms with Crippen LogP contribution in [0.25, 0.3) is 0 Å². The molecule has 0 spiro atoms. The molecule has 3 fully saturated rings. The van der Waals surface area contributed by atoms with Crippen LogP contribution in [0.4, 0.5) is 0 Å². The van der Waals surface area contributed by atoms with Crippen LogP contribution in [0.15, 0.2) is 0 Å². The van der Waals surface area contributed by atoms with Crippen molar-refractivity contribution in [3.05, 3.63) is 0 Å². The molecule has 27 heavy (non-hydrogen) atoms. The van der Waals surface area contributed by atoms with Gasteiger partial charge in [0.2, 0.25) is 17.7 Å². The van der Waals surface area contributed by atoms with Crippen LogP contribution in [0.1, 0.15) is 80.1 Å². The number of nitrogens with zero attached hydrogens (tertiary/aromatic N) is 3. The number of likely N-dealkylation sites (tertiary alicyclic amines) is 3. The number of piperidine rings is 1. The van der Waals surface area contributed by atoms with Crippen LogP contribution in [-0.2, 0) is 14.4 Å². The predicted molar refractivity (Wildman–Crippen MR) is 108 cm³/mol. The molecule has 3 saturated heterocycles. The molecule has 6 heteroatoms. The van der Waals surface area contributed by atoms with Crippen molar-refractivity contribution in [3.63, 3.8) is 0 Å². The minimum Gasteiger partial charge on any atom is -0.340 e. The topological polar surface area (TPSA) is 60.9 Å². The van der Waals surface area contributed by atoms with E-state index in [1.165, 1.54) is 6.42 Å². The molecule has 3 amide bonds. The lowest BCUT2D eigenvalue weighted by Crippen LogP contribution is -2.47. The Balaban J connectivity index is 0.000000204. The van der Waals surface area contributed by atoms with Gasteiger partial charge in [-0.2, -0.15) is 0 Å². The molecule has 3 aliphatic heterocycles. The zero-order chi connectivity index (χ0) is 20.6. The van der Waals surface area contributed by atoms with Crippen molar-refractivity contribution in [2.45, 2.75) is 98.2 Å². The molecule has 0 aromatic carbocycles. The maximum absolute atomic E-state index is 11.2. The monoisotopic (exact) mass is 381 g/mol. The molecular formula is C21H39N3O3. The van der Waals surface area contributed by atoms with Gasteiger partial charge in [0.25, 0.3) is 0 Å². The van der Waals surface area contributed by atoms with Gasteiger partial charge in [-0.3, -0.25) is 14.4 Å². The highest BCUT2D eigenvalue weighted by atomic mass is 16.2. The van der Waals surface area contributed by atoms with Crippen molar-refractivity contribution in [1.29, 1.82) is 0 Å². The molecule has 0 radical (unpaired) electrons. The Morgan fingerprint density at radius 1 is 0.519 bits per heavy atom. The summed E-state index contributed by atoms with van der Waals surface area (Å²) < 4.78 is 0. The van der Waals surface area contributed by atoms with Crippen LogP contribution in [0.2, 0.25) is 0 Å². The molecule has 3 aliphatic rings. The summed E-state index contributed by atoms with van der Waals surface area (Å²) >= 11 is 0. The van der Waals surface area contributed by atoms with E-state index in [0.717, 1.165) is 51.7 Å². The molecule has 3 heterocycles. The van der Waals surface area contributed by atoms with Crippen molar-refractivity contribution < 1.29 is 14.4 Å². The molecule has 0 aromatic heterocycles. The summed E-state index contributed by atoms with van der Waals surface area (Å²) in [4.78, 5) is 38.5. The van der Waals surface area contributed by atoms with Crippen molar-refractivity contribution in [2.75, 3.05) is 19.6 Å². The average molecular weight is 382 g/mol. The van der Waals surface area contributed by atoms with Gasteiger partial charge in [0.05, 0.1) is 0 Å². The molecule has 0 unspecified atom stereocenters. The lowest BCUT2D eigenvalue weighted by Gasteiger charge is -2.34. The van der Waals surface area contributed by atoms with Crippen LogP contribution < -0.4 is 0 Å². The molecule has 0 N–H and O–H groups in total. The van der Waals surface area contributed by atoms with Crippen LogP contribution in [0.3, 0.4) is 0 Å². The molecule has 0 aliphatic carbocycles. The van der Waals surface area contributed by atoms with Gasteiger partial charge in [0, 0.05) is 57.0 Å². The smallest absolute Gasteiger partial charge is 0.224 e. The molecule has 0 atom stereocenters. The first-order valence-corrected chi connectivity index (χ1v) is 10.5. The number of amides is 3. The summed E-state index contributed by atoms with van der Waals surface area (Å²) in [5, 5.41) is 0. The lowest BCUT2D eigenvalue weighted by atomic mass is 10.1. The van der Waals surface area contributed by atoms with E-state index in [-0.39, 0.29) is 0 Å². The van der Waals surface area contributed by atoms with Gasteiger partial charge >= 0.3 is 0 Å². The number of carbonyl (C=O) groups is 3. The largest absolute Gasteiger partial charge is 0.340 e. The number of rotatable bonds is 3. The molecular weight excluding hydrogens is 342 g/mol. The molecule has 156 valence electrons. The average Bonchev–Trinajstić information content (AvgIpc) is 3.00. The van der Waals surface area contributed by atoms with Gasteiger partial charge in [-0.25, -0.2) is 0 Å². The van der Waals surface area contributed by atoms with E-state index < -0.39 is 0 Å². The summed E-state index contributed by atoms with van der Waals surface area (Å²) in [5.41, 5.74) is 0. The normalized spacial score (nSPS) is 19.9. The summed E-state index contributed by atoms with van der Waals surface area (Å²) in [7, 11) is 0. The maximum atomic E-state index is 11.2. The van der Waals surface area contributed by atoms with E-state index in [1.54, 1.807) is 0 Å². The summed E-state index contributed by atoms with van der Waals surface area (Å²) in [6.07, 6.45) is 5.61. The molecule has 6 nitrogen and oxygen atoms in total. The zero-order valence-corrected chi connectivity index (χ0v) is 18.2. The van der Waals surface area contributed by atoms with Crippen molar-refractivity contribution in [3.8, 4) is 0 Å². The second kappa shape index (κ2) is 11.3. The zero-order valence-electron chi connectivity index (χ0n) is 18.2. The Kier molecular flexibility index (Phi) is 9.81. The van der Waals surface area contributed by atoms with Crippen molar-refractivity contribution >= 4 is 17.7 Å². The first kappa shape index (κ1) is 23.4. The van der Waals surface area contributed by atoms with E-state index in [9.17, 15) is 14.4 Å². The highest BCUT2D eigenvalue weighted by molar-refractivity contribution is 5.81. The van der Waals surface area contributed by atoms with E-state index in [1.807, 2.05) is 28.5 Å². The Morgan fingerprint density at radius 2 is 0.889 bits per heavy atom. The number of β-lactam (4-membered cyclic amide) rings is 1. The SMILES string of the molecule is CC(C)N1CCC1=O.CC(C)N1CCCC1=O.CC(C)N1CCCCC1=O. The third-order valence-electron chi connectivity index (χ3n) is 5.23. The van der Waals surface area contributed by atoms with Crippen molar-refractivity contribution in [1.82, 2.24) is 14.7 Å². The highest BCUT2D eigenvalue weighted by Gasteiger charge is 2.25. The highest BCUT2D eigenvalue weighted by Crippen LogP contribution is 2.13. The molecule has 0 bridgehead atoms.